The van der Waals surface area contributed by atoms with E-state index in [0.29, 0.717) is 18.0 Å². The zero-order valence-electron chi connectivity index (χ0n) is 16.5. The van der Waals surface area contributed by atoms with Crippen molar-refractivity contribution in [3.63, 3.8) is 0 Å². The molecule has 1 aromatic rings. The molecular formula is C19H29N3O3S3. The molecule has 3 heterocycles. The molecule has 0 saturated carbocycles. The Morgan fingerprint density at radius 3 is 2.54 bits per heavy atom. The van der Waals surface area contributed by atoms with Gasteiger partial charge in [0.15, 0.2) is 0 Å². The van der Waals surface area contributed by atoms with Crippen molar-refractivity contribution in [2.75, 3.05) is 44.2 Å². The lowest BCUT2D eigenvalue weighted by molar-refractivity contribution is 0.0915. The molecule has 2 saturated heterocycles. The SMILES string of the molecule is CC(C)=CCN1CCC(NC(=O)c2sccc2S(=O)(=O)N2CCSCC2)CC1. The Labute approximate surface area is 176 Å². The highest BCUT2D eigenvalue weighted by Gasteiger charge is 2.32. The number of thiophene rings is 1. The number of hydrogen-bond donors (Lipinski definition) is 1. The minimum Gasteiger partial charge on any atom is -0.348 e. The van der Waals surface area contributed by atoms with Crippen molar-refractivity contribution < 1.29 is 13.2 Å². The normalized spacial score (nSPS) is 20.1. The molecule has 0 radical (unpaired) electrons. The second-order valence-corrected chi connectivity index (χ2v) is 11.5. The molecule has 0 unspecified atom stereocenters. The molecule has 1 amide bonds. The van der Waals surface area contributed by atoms with Crippen LogP contribution >= 0.6 is 23.1 Å². The zero-order valence-corrected chi connectivity index (χ0v) is 19.0. The van der Waals surface area contributed by atoms with Crippen LogP contribution < -0.4 is 5.32 Å². The molecule has 28 heavy (non-hydrogen) atoms. The number of allylic oxidation sites excluding steroid dienone is 1. The molecule has 0 bridgehead atoms. The average Bonchev–Trinajstić information content (AvgIpc) is 3.19. The molecular weight excluding hydrogens is 414 g/mol. The van der Waals surface area contributed by atoms with E-state index in [2.05, 4.69) is 30.1 Å². The monoisotopic (exact) mass is 443 g/mol. The summed E-state index contributed by atoms with van der Waals surface area (Å²) in [5.41, 5.74) is 1.31. The molecule has 2 aliphatic heterocycles. The quantitative estimate of drug-likeness (QED) is 0.685. The molecule has 2 fully saturated rings. The first-order valence-corrected chi connectivity index (χ1v) is 13.2. The number of carbonyl (C=O) groups excluding carboxylic acids is 1. The summed E-state index contributed by atoms with van der Waals surface area (Å²) in [6.45, 7) is 8.04. The zero-order chi connectivity index (χ0) is 20.1. The smallest absolute Gasteiger partial charge is 0.262 e. The number of carbonyl (C=O) groups is 1. The minimum atomic E-state index is -3.60. The lowest BCUT2D eigenvalue weighted by Gasteiger charge is -2.31. The van der Waals surface area contributed by atoms with Gasteiger partial charge in [-0.15, -0.1) is 11.3 Å². The van der Waals surface area contributed by atoms with Crippen LogP contribution in [0.2, 0.25) is 0 Å². The molecule has 9 heteroatoms. The van der Waals surface area contributed by atoms with Crippen molar-refractivity contribution in [3.8, 4) is 0 Å². The van der Waals surface area contributed by atoms with E-state index in [4.69, 9.17) is 0 Å². The minimum absolute atomic E-state index is 0.0968. The second kappa shape index (κ2) is 9.75. The summed E-state index contributed by atoms with van der Waals surface area (Å²) in [7, 11) is -3.60. The fourth-order valence-electron chi connectivity index (χ4n) is 3.41. The third-order valence-electron chi connectivity index (χ3n) is 5.10. The van der Waals surface area contributed by atoms with Gasteiger partial charge in [0.05, 0.1) is 0 Å². The standard InChI is InChI=1S/C19H29N3O3S3/c1-15(2)3-7-21-8-4-16(5-9-21)20-19(23)18-17(6-12-27-18)28(24,25)22-10-13-26-14-11-22/h3,6,12,16H,4-5,7-11,13-14H2,1-2H3,(H,20,23). The highest BCUT2D eigenvalue weighted by Crippen LogP contribution is 2.27. The van der Waals surface area contributed by atoms with Gasteiger partial charge in [-0.25, -0.2) is 8.42 Å². The van der Waals surface area contributed by atoms with Gasteiger partial charge in [-0.3, -0.25) is 9.69 Å². The van der Waals surface area contributed by atoms with E-state index in [9.17, 15) is 13.2 Å². The van der Waals surface area contributed by atoms with Crippen LogP contribution in [0.4, 0.5) is 0 Å². The number of nitrogens with one attached hydrogen (secondary N) is 1. The van der Waals surface area contributed by atoms with Gasteiger partial charge in [0, 0.05) is 50.3 Å². The maximum atomic E-state index is 13.0. The molecule has 6 nitrogen and oxygen atoms in total. The summed E-state index contributed by atoms with van der Waals surface area (Å²) < 4.78 is 27.4. The highest BCUT2D eigenvalue weighted by molar-refractivity contribution is 7.99. The van der Waals surface area contributed by atoms with Crippen LogP contribution in [0.3, 0.4) is 0 Å². The number of nitrogens with zero attached hydrogens (tertiary/aromatic N) is 2. The Morgan fingerprint density at radius 1 is 1.21 bits per heavy atom. The van der Waals surface area contributed by atoms with E-state index in [-0.39, 0.29) is 16.8 Å². The summed E-state index contributed by atoms with van der Waals surface area (Å²) in [5, 5.41) is 4.76. The summed E-state index contributed by atoms with van der Waals surface area (Å²) in [6, 6.07) is 1.66. The molecule has 1 aromatic heterocycles. The van der Waals surface area contributed by atoms with Gasteiger partial charge < -0.3 is 5.32 Å². The third-order valence-corrected chi connectivity index (χ3v) is 9.03. The molecule has 0 aromatic carbocycles. The van der Waals surface area contributed by atoms with Crippen LogP contribution in [0.1, 0.15) is 36.4 Å². The van der Waals surface area contributed by atoms with Gasteiger partial charge in [0.1, 0.15) is 9.77 Å². The van der Waals surface area contributed by atoms with Crippen LogP contribution in [0.25, 0.3) is 0 Å². The molecule has 0 spiro atoms. The van der Waals surface area contributed by atoms with Crippen LogP contribution in [0.15, 0.2) is 28.0 Å². The van der Waals surface area contributed by atoms with E-state index >= 15 is 0 Å². The lowest BCUT2D eigenvalue weighted by atomic mass is 10.0. The first kappa shape index (κ1) is 21.8. The van der Waals surface area contributed by atoms with Crippen molar-refractivity contribution in [2.24, 2.45) is 0 Å². The lowest BCUT2D eigenvalue weighted by Crippen LogP contribution is -2.45. The number of rotatable bonds is 6. The predicted molar refractivity (Wildman–Crippen MR) is 117 cm³/mol. The summed E-state index contributed by atoms with van der Waals surface area (Å²) in [4.78, 5) is 15.7. The predicted octanol–water partition coefficient (Wildman–Crippen LogP) is 2.65. The Kier molecular flexibility index (Phi) is 7.60. The molecule has 3 rings (SSSR count). The molecule has 0 atom stereocenters. The number of piperidine rings is 1. The first-order valence-electron chi connectivity index (χ1n) is 9.70. The molecule has 2 aliphatic rings. The number of thioether (sulfide) groups is 1. The number of amides is 1. The Bertz CT molecular complexity index is 801. The topological polar surface area (TPSA) is 69.7 Å². The Morgan fingerprint density at radius 2 is 1.89 bits per heavy atom. The Hall–Kier alpha value is -0.870. The Balaban J connectivity index is 1.61. The van der Waals surface area contributed by atoms with Crippen molar-refractivity contribution in [1.29, 1.82) is 0 Å². The van der Waals surface area contributed by atoms with Crippen molar-refractivity contribution in [2.45, 2.75) is 37.6 Å². The van der Waals surface area contributed by atoms with Crippen LogP contribution in [-0.2, 0) is 10.0 Å². The van der Waals surface area contributed by atoms with Gasteiger partial charge in [-0.1, -0.05) is 11.6 Å². The average molecular weight is 444 g/mol. The third kappa shape index (κ3) is 5.38. The highest BCUT2D eigenvalue weighted by atomic mass is 32.2. The van der Waals surface area contributed by atoms with Gasteiger partial charge in [-0.2, -0.15) is 16.1 Å². The molecule has 0 aliphatic carbocycles. The second-order valence-electron chi connectivity index (χ2n) is 7.46. The number of likely N-dealkylation sites (tertiary alicyclic amines) is 1. The van der Waals surface area contributed by atoms with E-state index < -0.39 is 10.0 Å². The summed E-state index contributed by atoms with van der Waals surface area (Å²) >= 11 is 2.97. The summed E-state index contributed by atoms with van der Waals surface area (Å²) in [6.07, 6.45) is 4.00. The van der Waals surface area contributed by atoms with Crippen molar-refractivity contribution in [1.82, 2.24) is 14.5 Å². The fourth-order valence-corrected chi connectivity index (χ4v) is 7.29. The maximum absolute atomic E-state index is 13.0. The van der Waals surface area contributed by atoms with Gasteiger partial charge in [0.2, 0.25) is 10.0 Å². The number of sulfonamides is 1. The van der Waals surface area contributed by atoms with Gasteiger partial charge >= 0.3 is 0 Å². The maximum Gasteiger partial charge on any atom is 0.262 e. The van der Waals surface area contributed by atoms with Gasteiger partial charge in [0.25, 0.3) is 5.91 Å². The first-order chi connectivity index (χ1) is 13.4. The van der Waals surface area contributed by atoms with E-state index in [1.807, 2.05) is 0 Å². The molecule has 1 N–H and O–H groups in total. The van der Waals surface area contributed by atoms with E-state index in [1.165, 1.54) is 21.2 Å². The number of hydrogen-bond acceptors (Lipinski definition) is 6. The largest absolute Gasteiger partial charge is 0.348 e. The van der Waals surface area contributed by atoms with E-state index in [0.717, 1.165) is 44.0 Å². The molecule has 156 valence electrons. The summed E-state index contributed by atoms with van der Waals surface area (Å²) in [5.74, 6) is 1.34. The van der Waals surface area contributed by atoms with Crippen molar-refractivity contribution in [3.05, 3.63) is 28.0 Å². The van der Waals surface area contributed by atoms with Gasteiger partial charge in [-0.05, 0) is 38.1 Å². The van der Waals surface area contributed by atoms with Crippen LogP contribution in [0.5, 0.6) is 0 Å². The van der Waals surface area contributed by atoms with E-state index in [1.54, 1.807) is 23.2 Å². The van der Waals surface area contributed by atoms with Crippen LogP contribution in [-0.4, -0.2) is 73.8 Å². The van der Waals surface area contributed by atoms with Crippen molar-refractivity contribution >= 4 is 39.0 Å². The van der Waals surface area contributed by atoms with Crippen LogP contribution in [0, 0.1) is 0 Å². The fraction of sp³-hybridized carbons (Fsp3) is 0.632.